The highest BCUT2D eigenvalue weighted by Gasteiger charge is 2.59. The Hall–Kier alpha value is -2.59. The second kappa shape index (κ2) is 7.83. The molecule has 2 amide bonds. The highest BCUT2D eigenvalue weighted by molar-refractivity contribution is 8.03. The Labute approximate surface area is 189 Å². The third-order valence-corrected chi connectivity index (χ3v) is 7.28. The molecule has 0 saturated heterocycles. The lowest BCUT2D eigenvalue weighted by Gasteiger charge is -2.37. The van der Waals surface area contributed by atoms with Gasteiger partial charge in [0.2, 0.25) is 5.91 Å². The number of carbonyl (C=O) groups is 2. The molecule has 0 radical (unpaired) electrons. The van der Waals surface area contributed by atoms with Gasteiger partial charge < -0.3 is 10.1 Å². The van der Waals surface area contributed by atoms with Gasteiger partial charge in [0.05, 0.1) is 21.5 Å². The van der Waals surface area contributed by atoms with Crippen molar-refractivity contribution in [2.45, 2.75) is 55.9 Å². The van der Waals surface area contributed by atoms with E-state index in [0.29, 0.717) is 24.4 Å². The summed E-state index contributed by atoms with van der Waals surface area (Å²) < 4.78 is 5.02. The maximum absolute atomic E-state index is 13.2. The number of hydrogen-bond acceptors (Lipinski definition) is 8. The van der Waals surface area contributed by atoms with Gasteiger partial charge in [-0.3, -0.25) is 15.2 Å². The number of thiophene rings is 1. The number of ether oxygens (including phenoxy) is 1. The normalized spacial score (nSPS) is 21.8. The topological polar surface area (TPSA) is 95.9 Å². The largest absolute Gasteiger partial charge is 0.443 e. The summed E-state index contributed by atoms with van der Waals surface area (Å²) in [6.07, 6.45) is 4.17. The number of hydrazone groups is 1. The number of amidine groups is 1. The Morgan fingerprint density at radius 3 is 2.65 bits per heavy atom. The minimum Gasteiger partial charge on any atom is -0.443 e. The summed E-state index contributed by atoms with van der Waals surface area (Å²) in [7, 11) is 0. The van der Waals surface area contributed by atoms with E-state index in [2.05, 4.69) is 20.8 Å². The summed E-state index contributed by atoms with van der Waals surface area (Å²) >= 11 is 2.87. The molecule has 0 spiro atoms. The third-order valence-electron chi connectivity index (χ3n) is 4.76. The maximum atomic E-state index is 13.2. The van der Waals surface area contributed by atoms with Crippen molar-refractivity contribution in [1.82, 2.24) is 15.3 Å². The fraction of sp³-hybridized carbons (Fsp3) is 0.429. The molecular weight excluding hydrogens is 434 g/mol. The second-order valence-electron chi connectivity index (χ2n) is 8.62. The van der Waals surface area contributed by atoms with Gasteiger partial charge in [-0.15, -0.1) is 11.3 Å². The average molecular weight is 460 g/mol. The summed E-state index contributed by atoms with van der Waals surface area (Å²) in [6, 6.07) is 7.38. The number of thioether (sulfide) groups is 1. The molecule has 2 N–H and O–H groups in total. The van der Waals surface area contributed by atoms with Crippen molar-refractivity contribution in [1.29, 1.82) is 0 Å². The van der Waals surface area contributed by atoms with E-state index in [1.807, 2.05) is 45.2 Å². The van der Waals surface area contributed by atoms with Crippen molar-refractivity contribution in [3.8, 4) is 0 Å². The van der Waals surface area contributed by atoms with Crippen LogP contribution < -0.4 is 10.7 Å². The predicted molar refractivity (Wildman–Crippen MR) is 123 cm³/mol. The first-order valence-electron chi connectivity index (χ1n) is 9.96. The molecule has 3 heterocycles. The van der Waals surface area contributed by atoms with Crippen molar-refractivity contribution in [3.05, 3.63) is 46.9 Å². The molecule has 0 aromatic carbocycles. The molecule has 10 heteroatoms. The highest BCUT2D eigenvalue weighted by Crippen LogP contribution is 2.55. The zero-order valence-corrected chi connectivity index (χ0v) is 19.5. The number of aromatic nitrogens is 1. The first-order chi connectivity index (χ1) is 14.6. The Morgan fingerprint density at radius 1 is 1.29 bits per heavy atom. The molecule has 2 aromatic rings. The summed E-state index contributed by atoms with van der Waals surface area (Å²) in [5.74, 6) is 0.380. The monoisotopic (exact) mass is 459 g/mol. The number of hydrogen-bond donors (Lipinski definition) is 2. The zero-order valence-electron chi connectivity index (χ0n) is 17.8. The van der Waals surface area contributed by atoms with E-state index in [1.54, 1.807) is 24.5 Å². The van der Waals surface area contributed by atoms with Crippen molar-refractivity contribution < 1.29 is 14.3 Å². The quantitative estimate of drug-likeness (QED) is 0.695. The van der Waals surface area contributed by atoms with Crippen molar-refractivity contribution in [2.75, 3.05) is 5.32 Å². The van der Waals surface area contributed by atoms with E-state index in [-0.39, 0.29) is 5.91 Å². The molecule has 1 aliphatic carbocycles. The molecule has 2 aliphatic rings. The van der Waals surface area contributed by atoms with E-state index >= 15 is 0 Å². The minimum atomic E-state index is -0.982. The summed E-state index contributed by atoms with van der Waals surface area (Å²) in [6.45, 7) is 7.32. The van der Waals surface area contributed by atoms with Gasteiger partial charge in [0.1, 0.15) is 5.60 Å². The fourth-order valence-corrected chi connectivity index (χ4v) is 5.48. The molecule has 164 valence electrons. The zero-order chi connectivity index (χ0) is 22.3. The molecule has 1 atom stereocenters. The van der Waals surface area contributed by atoms with Gasteiger partial charge in [0.25, 0.3) is 0 Å². The molecule has 4 rings (SSSR count). The number of nitrogens with one attached hydrogen (secondary N) is 2. The number of carbonyl (C=O) groups excluding carboxylic acids is 2. The lowest BCUT2D eigenvalue weighted by atomic mass is 10.2. The Morgan fingerprint density at radius 2 is 2.06 bits per heavy atom. The first kappa shape index (κ1) is 21.6. The van der Waals surface area contributed by atoms with Crippen molar-refractivity contribution in [2.24, 2.45) is 5.10 Å². The van der Waals surface area contributed by atoms with Crippen LogP contribution in [0.25, 0.3) is 0 Å². The highest BCUT2D eigenvalue weighted by atomic mass is 32.2. The van der Waals surface area contributed by atoms with E-state index < -0.39 is 21.4 Å². The van der Waals surface area contributed by atoms with Crippen LogP contribution in [0.2, 0.25) is 0 Å². The van der Waals surface area contributed by atoms with Gasteiger partial charge in [0.15, 0.2) is 10.8 Å². The maximum Gasteiger partial charge on any atom is 0.418 e. The van der Waals surface area contributed by atoms with Crippen LogP contribution in [0.4, 0.5) is 10.5 Å². The second-order valence-corrected chi connectivity index (χ2v) is 11.3. The van der Waals surface area contributed by atoms with Crippen LogP contribution in [0.1, 0.15) is 45.4 Å². The molecule has 1 saturated carbocycles. The molecule has 31 heavy (non-hydrogen) atoms. The number of pyridine rings is 1. The third kappa shape index (κ3) is 4.54. The van der Waals surface area contributed by atoms with Gasteiger partial charge in [-0.25, -0.2) is 9.69 Å². The lowest BCUT2D eigenvalue weighted by molar-refractivity contribution is -0.116. The fourth-order valence-electron chi connectivity index (χ4n) is 3.22. The van der Waals surface area contributed by atoms with Crippen LogP contribution in [0.5, 0.6) is 0 Å². The van der Waals surface area contributed by atoms with Gasteiger partial charge in [0, 0.05) is 6.20 Å². The Balaban J connectivity index is 1.58. The smallest absolute Gasteiger partial charge is 0.418 e. The summed E-state index contributed by atoms with van der Waals surface area (Å²) in [5.41, 5.74) is 3.07. The van der Waals surface area contributed by atoms with Crippen LogP contribution in [-0.2, 0) is 9.53 Å². The molecular formula is C21H25N5O3S2. The summed E-state index contributed by atoms with van der Waals surface area (Å²) in [4.78, 5) is 31.7. The van der Waals surface area contributed by atoms with Gasteiger partial charge in [-0.1, -0.05) is 17.8 Å². The van der Waals surface area contributed by atoms with Gasteiger partial charge in [-0.05, 0) is 64.1 Å². The molecule has 1 unspecified atom stereocenters. The lowest BCUT2D eigenvalue weighted by Crippen LogP contribution is -2.55. The van der Waals surface area contributed by atoms with Crippen LogP contribution >= 0.6 is 23.1 Å². The molecule has 2 aromatic heterocycles. The van der Waals surface area contributed by atoms with Gasteiger partial charge >= 0.3 is 6.09 Å². The number of amides is 2. The average Bonchev–Trinajstić information content (AvgIpc) is 3.11. The van der Waals surface area contributed by atoms with E-state index in [4.69, 9.17) is 4.74 Å². The van der Waals surface area contributed by atoms with Crippen molar-refractivity contribution in [3.63, 3.8) is 0 Å². The van der Waals surface area contributed by atoms with E-state index in [1.165, 1.54) is 28.0 Å². The predicted octanol–water partition coefficient (Wildman–Crippen LogP) is 4.22. The number of nitrogens with zero attached hydrogens (tertiary/aromatic N) is 3. The Kier molecular flexibility index (Phi) is 5.47. The van der Waals surface area contributed by atoms with Crippen LogP contribution in [0, 0.1) is 0 Å². The standard InChI is InChI=1S/C21H25N5O3S2/c1-19(2,3)29-18(28)26-16(15-8-6-12-30-15)24-25-20(26,4)31-21(9-10-21)17(27)23-14-7-5-11-22-13-14/h5-8,11-13,25H,9-10H2,1-4H3,(H,23,27). The molecule has 0 bridgehead atoms. The van der Waals surface area contributed by atoms with E-state index in [9.17, 15) is 9.59 Å². The Bertz CT molecular complexity index is 1000. The number of rotatable bonds is 5. The molecule has 8 nitrogen and oxygen atoms in total. The van der Waals surface area contributed by atoms with Gasteiger partial charge in [-0.2, -0.15) is 5.10 Å². The first-order valence-corrected chi connectivity index (χ1v) is 11.7. The van der Waals surface area contributed by atoms with Crippen LogP contribution in [0.15, 0.2) is 47.1 Å². The molecule has 1 aliphatic heterocycles. The SMILES string of the molecule is CC(C)(C)OC(=O)N1C(c2cccs2)=NNC1(C)SC1(C(=O)Nc2cccnc2)CC1. The number of anilines is 1. The van der Waals surface area contributed by atoms with Crippen LogP contribution in [0.3, 0.4) is 0 Å². The summed E-state index contributed by atoms with van der Waals surface area (Å²) in [5, 5.41) is 9.32. The molecule has 1 fully saturated rings. The van der Waals surface area contributed by atoms with Crippen LogP contribution in [-0.4, -0.2) is 43.1 Å². The van der Waals surface area contributed by atoms with E-state index in [0.717, 1.165) is 4.88 Å². The van der Waals surface area contributed by atoms with Crippen molar-refractivity contribution >= 4 is 46.6 Å². The minimum absolute atomic E-state index is 0.109.